The molecule has 0 atom stereocenters. The van der Waals surface area contributed by atoms with Crippen molar-refractivity contribution in [1.82, 2.24) is 10.2 Å². The van der Waals surface area contributed by atoms with E-state index in [9.17, 15) is 13.8 Å². The lowest BCUT2D eigenvalue weighted by molar-refractivity contribution is -0.132. The first-order valence-electron chi connectivity index (χ1n) is 5.58. The predicted molar refractivity (Wildman–Crippen MR) is 60.2 cm³/mol. The number of carbonyl (C=O) groups excluding carboxylic acids is 2. The van der Waals surface area contributed by atoms with Crippen LogP contribution in [0.5, 0.6) is 0 Å². The molecule has 2 saturated heterocycles. The van der Waals surface area contributed by atoms with Gasteiger partial charge in [-0.25, -0.2) is 0 Å². The van der Waals surface area contributed by atoms with Crippen LogP contribution in [0, 0.1) is 0 Å². The molecule has 0 aromatic carbocycles. The average molecular weight is 244 g/mol. The van der Waals surface area contributed by atoms with Crippen LogP contribution in [-0.4, -0.2) is 51.6 Å². The fourth-order valence-corrected chi connectivity index (χ4v) is 3.46. The summed E-state index contributed by atoms with van der Waals surface area (Å²) in [4.78, 5) is 24.7. The summed E-state index contributed by atoms with van der Waals surface area (Å²) < 4.78 is 11.2. The molecule has 1 N–H and O–H groups in total. The zero-order valence-corrected chi connectivity index (χ0v) is 9.92. The van der Waals surface area contributed by atoms with Gasteiger partial charge in [0.1, 0.15) is 0 Å². The maximum Gasteiger partial charge on any atom is 0.242 e. The van der Waals surface area contributed by atoms with Gasteiger partial charge in [0.2, 0.25) is 11.8 Å². The van der Waals surface area contributed by atoms with Crippen molar-refractivity contribution in [2.24, 2.45) is 0 Å². The number of hydrogen-bond donors (Lipinski definition) is 1. The van der Waals surface area contributed by atoms with E-state index >= 15 is 0 Å². The van der Waals surface area contributed by atoms with E-state index in [1.54, 1.807) is 4.90 Å². The van der Waals surface area contributed by atoms with Crippen molar-refractivity contribution in [3.8, 4) is 0 Å². The quantitative estimate of drug-likeness (QED) is 0.660. The first-order valence-corrected chi connectivity index (χ1v) is 7.07. The molecule has 0 aliphatic carbocycles. The van der Waals surface area contributed by atoms with Gasteiger partial charge in [-0.1, -0.05) is 0 Å². The number of amides is 2. The second-order valence-corrected chi connectivity index (χ2v) is 5.89. The normalized spacial score (nSPS) is 32.1. The molecule has 2 aliphatic heterocycles. The van der Waals surface area contributed by atoms with E-state index in [-0.39, 0.29) is 24.4 Å². The van der Waals surface area contributed by atoms with E-state index in [2.05, 4.69) is 5.32 Å². The van der Waals surface area contributed by atoms with Crippen molar-refractivity contribution in [2.75, 3.05) is 24.6 Å². The smallest absolute Gasteiger partial charge is 0.242 e. The molecule has 2 aliphatic rings. The van der Waals surface area contributed by atoms with Crippen LogP contribution in [0.3, 0.4) is 0 Å². The van der Waals surface area contributed by atoms with E-state index in [0.29, 0.717) is 24.5 Å². The molecule has 16 heavy (non-hydrogen) atoms. The van der Waals surface area contributed by atoms with Crippen LogP contribution >= 0.6 is 0 Å². The summed E-state index contributed by atoms with van der Waals surface area (Å²) in [5, 5.41) is 2.58. The maximum atomic E-state index is 11.8. The van der Waals surface area contributed by atoms with Crippen LogP contribution in [0.25, 0.3) is 0 Å². The molecule has 0 aromatic rings. The van der Waals surface area contributed by atoms with Gasteiger partial charge in [0, 0.05) is 41.3 Å². The summed E-state index contributed by atoms with van der Waals surface area (Å²) >= 11 is 0. The van der Waals surface area contributed by atoms with E-state index in [0.717, 1.165) is 12.8 Å². The molecule has 2 amide bonds. The van der Waals surface area contributed by atoms with Crippen molar-refractivity contribution in [2.45, 2.75) is 25.3 Å². The number of nitrogens with zero attached hydrogens (tertiary/aromatic N) is 1. The number of rotatable bonds is 1. The maximum absolute atomic E-state index is 11.8. The summed E-state index contributed by atoms with van der Waals surface area (Å²) in [5.41, 5.74) is 0. The van der Waals surface area contributed by atoms with Gasteiger partial charge in [0.15, 0.2) is 0 Å². The van der Waals surface area contributed by atoms with Crippen molar-refractivity contribution in [1.29, 1.82) is 0 Å². The highest BCUT2D eigenvalue weighted by atomic mass is 32.2. The minimum absolute atomic E-state index is 0.0106. The Morgan fingerprint density at radius 3 is 2.62 bits per heavy atom. The topological polar surface area (TPSA) is 66.5 Å². The van der Waals surface area contributed by atoms with Gasteiger partial charge < -0.3 is 10.2 Å². The second-order valence-electron chi connectivity index (χ2n) is 4.19. The Kier molecular flexibility index (Phi) is 3.58. The Bertz CT molecular complexity index is 322. The fourth-order valence-electron chi connectivity index (χ4n) is 2.19. The monoisotopic (exact) mass is 244 g/mol. The molecule has 0 bridgehead atoms. The number of carbonyl (C=O) groups is 2. The summed E-state index contributed by atoms with van der Waals surface area (Å²) in [7, 11) is -0.708. The first-order chi connectivity index (χ1) is 7.66. The number of nitrogens with one attached hydrogen (secondary N) is 1. The molecule has 0 saturated carbocycles. The minimum atomic E-state index is -0.708. The summed E-state index contributed by atoms with van der Waals surface area (Å²) in [6, 6.07) is 0.179. The molecule has 2 rings (SSSR count). The molecule has 2 heterocycles. The molecule has 5 nitrogen and oxygen atoms in total. The van der Waals surface area contributed by atoms with Gasteiger partial charge in [-0.05, 0) is 12.8 Å². The lowest BCUT2D eigenvalue weighted by atomic mass is 10.1. The van der Waals surface area contributed by atoms with Gasteiger partial charge in [0.25, 0.3) is 0 Å². The molecule has 0 aromatic heterocycles. The molecule has 0 radical (unpaired) electrons. The van der Waals surface area contributed by atoms with Crippen molar-refractivity contribution >= 4 is 22.6 Å². The Morgan fingerprint density at radius 2 is 1.94 bits per heavy atom. The van der Waals surface area contributed by atoms with Gasteiger partial charge in [-0.3, -0.25) is 13.8 Å². The van der Waals surface area contributed by atoms with Gasteiger partial charge >= 0.3 is 0 Å². The zero-order chi connectivity index (χ0) is 11.5. The first kappa shape index (κ1) is 11.6. The van der Waals surface area contributed by atoms with Crippen molar-refractivity contribution in [3.05, 3.63) is 0 Å². The Labute approximate surface area is 97.0 Å². The predicted octanol–water partition coefficient (Wildman–Crippen LogP) is -0.754. The SMILES string of the molecule is O=C1CCN(C2CCS(=O)CC2)C(=O)CN1. The molecule has 0 unspecified atom stereocenters. The molecular weight excluding hydrogens is 228 g/mol. The van der Waals surface area contributed by atoms with Crippen molar-refractivity contribution < 1.29 is 13.8 Å². The number of hydrogen-bond acceptors (Lipinski definition) is 3. The van der Waals surface area contributed by atoms with E-state index < -0.39 is 10.8 Å². The average Bonchev–Trinajstić information content (AvgIpc) is 2.44. The highest BCUT2D eigenvalue weighted by molar-refractivity contribution is 7.85. The minimum Gasteiger partial charge on any atom is -0.347 e. The Balaban J connectivity index is 1.99. The summed E-state index contributed by atoms with van der Waals surface area (Å²) in [5.74, 6) is 1.28. The molecule has 0 spiro atoms. The molecule has 2 fully saturated rings. The lowest BCUT2D eigenvalue weighted by Crippen LogP contribution is -2.45. The standard InChI is InChI=1S/C10H16N2O3S/c13-9-1-4-12(10(14)7-11-9)8-2-5-16(15)6-3-8/h8H,1-7H2,(H,11,13). The highest BCUT2D eigenvalue weighted by Gasteiger charge is 2.29. The largest absolute Gasteiger partial charge is 0.347 e. The van der Waals surface area contributed by atoms with Gasteiger partial charge in [-0.15, -0.1) is 0 Å². The third-order valence-electron chi connectivity index (χ3n) is 3.14. The third-order valence-corrected chi connectivity index (χ3v) is 4.52. The van der Waals surface area contributed by atoms with E-state index in [1.165, 1.54) is 0 Å². The Hall–Kier alpha value is -0.910. The van der Waals surface area contributed by atoms with Crippen LogP contribution in [-0.2, 0) is 20.4 Å². The van der Waals surface area contributed by atoms with E-state index in [1.807, 2.05) is 0 Å². The van der Waals surface area contributed by atoms with Crippen LogP contribution in [0.2, 0.25) is 0 Å². The van der Waals surface area contributed by atoms with Gasteiger partial charge in [-0.2, -0.15) is 0 Å². The highest BCUT2D eigenvalue weighted by Crippen LogP contribution is 2.17. The lowest BCUT2D eigenvalue weighted by Gasteiger charge is -2.32. The molecular formula is C10H16N2O3S. The zero-order valence-electron chi connectivity index (χ0n) is 9.11. The summed E-state index contributed by atoms with van der Waals surface area (Å²) in [6.07, 6.45) is 1.98. The molecule has 90 valence electrons. The van der Waals surface area contributed by atoms with Gasteiger partial charge in [0.05, 0.1) is 6.54 Å². The van der Waals surface area contributed by atoms with E-state index in [4.69, 9.17) is 0 Å². The fraction of sp³-hybridized carbons (Fsp3) is 0.800. The second kappa shape index (κ2) is 4.95. The molecule has 6 heteroatoms. The summed E-state index contributed by atoms with van der Waals surface area (Å²) in [6.45, 7) is 0.611. The Morgan fingerprint density at radius 1 is 1.25 bits per heavy atom. The van der Waals surface area contributed by atoms with Crippen LogP contribution in [0.4, 0.5) is 0 Å². The van der Waals surface area contributed by atoms with Crippen molar-refractivity contribution in [3.63, 3.8) is 0 Å². The van der Waals surface area contributed by atoms with Crippen LogP contribution in [0.1, 0.15) is 19.3 Å². The third kappa shape index (κ3) is 2.61. The van der Waals surface area contributed by atoms with Crippen LogP contribution < -0.4 is 5.32 Å². The van der Waals surface area contributed by atoms with Crippen LogP contribution in [0.15, 0.2) is 0 Å².